The molecule has 0 saturated carbocycles. The minimum Gasteiger partial charge on any atom is -0.347 e. The van der Waals surface area contributed by atoms with Crippen LogP contribution in [0.2, 0.25) is 0 Å². The highest BCUT2D eigenvalue weighted by Gasteiger charge is 2.12. The third-order valence-electron chi connectivity index (χ3n) is 4.37. The topological polar surface area (TPSA) is 46.8 Å². The zero-order chi connectivity index (χ0) is 18.7. The molecule has 2 aromatic heterocycles. The third kappa shape index (κ3) is 3.74. The first kappa shape index (κ1) is 18.0. The van der Waals surface area contributed by atoms with E-state index < -0.39 is 0 Å². The van der Waals surface area contributed by atoms with Gasteiger partial charge in [-0.15, -0.1) is 0 Å². The third-order valence-corrected chi connectivity index (χ3v) is 4.37. The second-order valence-electron chi connectivity index (χ2n) is 6.56. The number of nitrogens with zero attached hydrogens (tertiary/aromatic N) is 5. The van der Waals surface area contributed by atoms with E-state index in [1.165, 1.54) is 0 Å². The second-order valence-corrected chi connectivity index (χ2v) is 6.56. The Labute approximate surface area is 153 Å². The van der Waals surface area contributed by atoms with E-state index >= 15 is 0 Å². The van der Waals surface area contributed by atoms with Crippen LogP contribution in [0, 0.1) is 13.8 Å². The average Bonchev–Trinajstić information content (AvgIpc) is 3.11. The summed E-state index contributed by atoms with van der Waals surface area (Å²) >= 11 is 0. The number of aromatic nitrogens is 4. The fourth-order valence-electron chi connectivity index (χ4n) is 2.78. The van der Waals surface area contributed by atoms with E-state index in [4.69, 9.17) is 4.98 Å². The highest BCUT2D eigenvalue weighted by atomic mass is 19.1. The van der Waals surface area contributed by atoms with E-state index in [0.717, 1.165) is 33.8 Å². The Morgan fingerprint density at radius 3 is 2.58 bits per heavy atom. The Hall–Kier alpha value is -2.76. The summed E-state index contributed by atoms with van der Waals surface area (Å²) in [4.78, 5) is 11.2. The Morgan fingerprint density at radius 2 is 1.85 bits per heavy atom. The number of hydrogen-bond donors (Lipinski definition) is 0. The van der Waals surface area contributed by atoms with E-state index in [-0.39, 0.29) is 6.67 Å². The van der Waals surface area contributed by atoms with Crippen molar-refractivity contribution in [2.24, 2.45) is 0 Å². The van der Waals surface area contributed by atoms with Gasteiger partial charge in [0.15, 0.2) is 0 Å². The Balaban J connectivity index is 1.99. The number of aryl methyl sites for hydroxylation is 2. The van der Waals surface area contributed by atoms with Crippen LogP contribution < -0.4 is 4.90 Å². The first-order valence-electron chi connectivity index (χ1n) is 8.72. The smallest absolute Gasteiger partial charge is 0.225 e. The van der Waals surface area contributed by atoms with Crippen LogP contribution in [0.3, 0.4) is 0 Å². The molecule has 0 aliphatic carbocycles. The van der Waals surface area contributed by atoms with Crippen molar-refractivity contribution >= 4 is 5.95 Å². The van der Waals surface area contributed by atoms with Gasteiger partial charge in [0.2, 0.25) is 5.95 Å². The Kier molecular flexibility index (Phi) is 5.30. The summed E-state index contributed by atoms with van der Waals surface area (Å²) in [5.74, 6) is 0.698. The van der Waals surface area contributed by atoms with Crippen LogP contribution >= 0.6 is 0 Å². The van der Waals surface area contributed by atoms with Crippen LogP contribution in [0.25, 0.3) is 22.5 Å². The van der Waals surface area contributed by atoms with E-state index in [9.17, 15) is 4.39 Å². The second kappa shape index (κ2) is 7.64. The molecular weight excluding hydrogens is 329 g/mol. The molecule has 1 aromatic carbocycles. The lowest BCUT2D eigenvalue weighted by molar-refractivity contribution is 0.435. The predicted molar refractivity (Wildman–Crippen MR) is 103 cm³/mol. The van der Waals surface area contributed by atoms with Gasteiger partial charge in [0.05, 0.1) is 18.1 Å². The predicted octanol–water partition coefficient (Wildman–Crippen LogP) is 4.05. The first-order chi connectivity index (χ1) is 12.5. The lowest BCUT2D eigenvalue weighted by atomic mass is 10.0. The number of rotatable bonds is 6. The molecule has 2 heterocycles. The lowest BCUT2D eigenvalue weighted by Crippen LogP contribution is -2.14. The normalized spacial score (nSPS) is 11.0. The van der Waals surface area contributed by atoms with Crippen molar-refractivity contribution in [1.29, 1.82) is 0 Å². The van der Waals surface area contributed by atoms with Crippen LogP contribution in [0.15, 0.2) is 36.5 Å². The van der Waals surface area contributed by atoms with E-state index in [2.05, 4.69) is 22.2 Å². The van der Waals surface area contributed by atoms with Gasteiger partial charge in [-0.05, 0) is 38.0 Å². The number of benzene rings is 1. The van der Waals surface area contributed by atoms with Gasteiger partial charge in [-0.2, -0.15) is 5.10 Å². The van der Waals surface area contributed by atoms with Gasteiger partial charge in [-0.1, -0.05) is 18.2 Å². The molecule has 0 atom stereocenters. The van der Waals surface area contributed by atoms with Crippen molar-refractivity contribution in [2.75, 3.05) is 25.7 Å². The number of anilines is 1. The van der Waals surface area contributed by atoms with Crippen molar-refractivity contribution in [3.8, 4) is 22.5 Å². The maximum Gasteiger partial charge on any atom is 0.225 e. The van der Waals surface area contributed by atoms with Crippen molar-refractivity contribution in [1.82, 2.24) is 19.7 Å². The largest absolute Gasteiger partial charge is 0.347 e. The van der Waals surface area contributed by atoms with Gasteiger partial charge in [-0.3, -0.25) is 9.07 Å². The molecule has 0 saturated heterocycles. The monoisotopic (exact) mass is 353 g/mol. The number of hydrogen-bond acceptors (Lipinski definition) is 4. The molecule has 0 radical (unpaired) electrons. The van der Waals surface area contributed by atoms with Crippen molar-refractivity contribution in [3.05, 3.63) is 47.8 Å². The average molecular weight is 353 g/mol. The zero-order valence-corrected chi connectivity index (χ0v) is 15.7. The summed E-state index contributed by atoms with van der Waals surface area (Å²) in [6.45, 7) is 4.31. The van der Waals surface area contributed by atoms with Crippen LogP contribution in [0.5, 0.6) is 0 Å². The Morgan fingerprint density at radius 1 is 1.08 bits per heavy atom. The van der Waals surface area contributed by atoms with Gasteiger partial charge in [0.1, 0.15) is 0 Å². The Bertz CT molecular complexity index is 901. The molecule has 3 rings (SSSR count). The summed E-state index contributed by atoms with van der Waals surface area (Å²) in [5.41, 5.74) is 5.90. The molecule has 5 nitrogen and oxygen atoms in total. The summed E-state index contributed by atoms with van der Waals surface area (Å²) in [6, 6.07) is 10.1. The summed E-state index contributed by atoms with van der Waals surface area (Å²) in [6.07, 6.45) is 2.37. The molecule has 0 fully saturated rings. The van der Waals surface area contributed by atoms with Crippen molar-refractivity contribution in [3.63, 3.8) is 0 Å². The molecule has 0 aliphatic heterocycles. The standard InChI is InChI=1S/C20H24FN5/c1-14-15(2)22-20(25(3)4)23-19(14)17-8-5-7-16(13-17)18-9-12-26(24-18)11-6-10-21/h5,7-9,12-13H,6,10-11H2,1-4H3. The van der Waals surface area contributed by atoms with Crippen LogP contribution in [-0.2, 0) is 6.54 Å². The summed E-state index contributed by atoms with van der Waals surface area (Å²) < 4.78 is 14.1. The molecule has 0 bridgehead atoms. The molecule has 3 aromatic rings. The highest BCUT2D eigenvalue weighted by Crippen LogP contribution is 2.28. The zero-order valence-electron chi connectivity index (χ0n) is 15.7. The molecule has 0 amide bonds. The molecular formula is C20H24FN5. The van der Waals surface area contributed by atoms with E-state index in [0.29, 0.717) is 18.9 Å². The molecule has 0 spiro atoms. The van der Waals surface area contributed by atoms with Gasteiger partial charge in [-0.25, -0.2) is 9.97 Å². The molecule has 6 heteroatoms. The molecule has 0 N–H and O–H groups in total. The highest BCUT2D eigenvalue weighted by molar-refractivity contribution is 5.72. The molecule has 0 unspecified atom stereocenters. The van der Waals surface area contributed by atoms with Gasteiger partial charge in [0.25, 0.3) is 0 Å². The van der Waals surface area contributed by atoms with Crippen molar-refractivity contribution < 1.29 is 4.39 Å². The first-order valence-corrected chi connectivity index (χ1v) is 8.72. The van der Waals surface area contributed by atoms with Crippen molar-refractivity contribution in [2.45, 2.75) is 26.8 Å². The minimum absolute atomic E-state index is 0.328. The maximum absolute atomic E-state index is 12.4. The van der Waals surface area contributed by atoms with Gasteiger partial charge >= 0.3 is 0 Å². The fraction of sp³-hybridized carbons (Fsp3) is 0.350. The minimum atomic E-state index is -0.328. The number of alkyl halides is 1. The van der Waals surface area contributed by atoms with E-state index in [1.807, 2.05) is 57.2 Å². The SMILES string of the molecule is Cc1nc(N(C)C)nc(-c2cccc(-c3ccn(CCCF)n3)c2)c1C. The van der Waals surface area contributed by atoms with Gasteiger partial charge < -0.3 is 4.90 Å². The quantitative estimate of drug-likeness (QED) is 0.671. The molecule has 26 heavy (non-hydrogen) atoms. The van der Waals surface area contributed by atoms with Crippen LogP contribution in [0.4, 0.5) is 10.3 Å². The summed E-state index contributed by atoms with van der Waals surface area (Å²) in [5, 5.41) is 4.55. The van der Waals surface area contributed by atoms with Crippen LogP contribution in [0.1, 0.15) is 17.7 Å². The van der Waals surface area contributed by atoms with Crippen LogP contribution in [-0.4, -0.2) is 40.5 Å². The fourth-order valence-corrected chi connectivity index (χ4v) is 2.78. The lowest BCUT2D eigenvalue weighted by Gasteiger charge is -2.15. The van der Waals surface area contributed by atoms with Gasteiger partial charge in [0, 0.05) is 43.7 Å². The summed E-state index contributed by atoms with van der Waals surface area (Å²) in [7, 11) is 3.88. The maximum atomic E-state index is 12.4. The molecule has 0 aliphatic rings. The van der Waals surface area contributed by atoms with E-state index in [1.54, 1.807) is 4.68 Å². The molecule has 136 valence electrons. The number of halogens is 1.